The molecule has 3 aromatic carbocycles. The highest BCUT2D eigenvalue weighted by atomic mass is 32.1. The zero-order valence-corrected chi connectivity index (χ0v) is 57.9. The van der Waals surface area contributed by atoms with E-state index in [9.17, 15) is 98.7 Å². The minimum Gasteiger partial charge on any atom is -0.480 e. The van der Waals surface area contributed by atoms with Crippen LogP contribution in [-0.2, 0) is 67.4 Å². The number of halogens is 2. The molecular formula is C69H96F2N8O23S. The molecule has 34 heteroatoms. The molecule has 0 spiro atoms. The Hall–Kier alpha value is -8.26. The number of unbranched alkanes of at least 4 members (excludes halogenated alkanes) is 4. The fourth-order valence-electron chi connectivity index (χ4n) is 11.1. The molecule has 0 saturated carbocycles. The van der Waals surface area contributed by atoms with Crippen LogP contribution in [0.1, 0.15) is 118 Å². The Morgan fingerprint density at radius 2 is 1.17 bits per heavy atom. The Labute approximate surface area is 597 Å². The second kappa shape index (κ2) is 45.1. The van der Waals surface area contributed by atoms with Crippen LogP contribution in [0.15, 0.2) is 82.4 Å². The number of carbonyl (C=O) groups excluding carboxylic acids is 8. The number of nitrogens with two attached hydrogens (primary N) is 1. The lowest BCUT2D eigenvalue weighted by molar-refractivity contribution is -0.142. The number of nitrogens with zero attached hydrogens (tertiary/aromatic N) is 2. The number of ether oxygens (including phenoxy) is 1. The third-order valence-corrected chi connectivity index (χ3v) is 17.7. The SMILES string of the molecule is Cc1c(-c2cccc(CCC(=O)NCCCCCCCC(=O)N[C@H](CCC(=O)NC[C@H](O)[C@@H](O)[C@H](O)[C@H](O)CO)C(=O)C[C@H](CCOC=O)C(=O)C[C@H](CCC(=O)NC[C@H](O)[C@@H](O)[C@H](O)[C@H](O)CO)C(=O)N[C@H](CS)C(=O)O)c2)c(=O)n(C[C@@H](N)c2ccccc2)c(=O)n1Cc1c(F)cccc1F. The summed E-state index contributed by atoms with van der Waals surface area (Å²) in [6.45, 7) is -2.75. The van der Waals surface area contributed by atoms with Crippen molar-refractivity contribution in [2.24, 2.45) is 17.6 Å². The highest BCUT2D eigenvalue weighted by Gasteiger charge is 2.35. The largest absolute Gasteiger partial charge is 0.480 e. The maximum atomic E-state index is 15.0. The summed E-state index contributed by atoms with van der Waals surface area (Å²) in [6.07, 6.45) is -16.8. The van der Waals surface area contributed by atoms with Gasteiger partial charge < -0.3 is 93.2 Å². The van der Waals surface area contributed by atoms with Crippen molar-refractivity contribution in [3.05, 3.63) is 128 Å². The Kier molecular flexibility index (Phi) is 38.1. The van der Waals surface area contributed by atoms with Crippen LogP contribution in [0.3, 0.4) is 0 Å². The van der Waals surface area contributed by atoms with Gasteiger partial charge in [0.15, 0.2) is 5.78 Å². The second-order valence-electron chi connectivity index (χ2n) is 25.0. The first-order chi connectivity index (χ1) is 49.0. The van der Waals surface area contributed by atoms with E-state index in [1.807, 2.05) is 0 Å². The maximum Gasteiger partial charge on any atom is 0.331 e. The molecule has 5 amide bonds. The number of hydrogen-bond acceptors (Lipinski definition) is 24. The lowest BCUT2D eigenvalue weighted by Gasteiger charge is -2.26. The molecule has 103 heavy (non-hydrogen) atoms. The Morgan fingerprint density at radius 3 is 1.75 bits per heavy atom. The van der Waals surface area contributed by atoms with Crippen molar-refractivity contribution in [2.45, 2.75) is 183 Å². The third kappa shape index (κ3) is 28.4. The normalized spacial score (nSPS) is 15.3. The van der Waals surface area contributed by atoms with Gasteiger partial charge in [-0.1, -0.05) is 79.9 Å². The minimum atomic E-state index is -2.04. The summed E-state index contributed by atoms with van der Waals surface area (Å²) in [5, 5.41) is 120. The van der Waals surface area contributed by atoms with E-state index in [1.54, 1.807) is 54.6 Å². The summed E-state index contributed by atoms with van der Waals surface area (Å²) in [7, 11) is 0. The Morgan fingerprint density at radius 1 is 0.612 bits per heavy atom. The molecule has 4 aromatic rings. The monoisotopic (exact) mass is 1470 g/mol. The molecule has 0 bridgehead atoms. The molecule has 0 radical (unpaired) electrons. The number of amides is 5. The molecule has 31 nitrogen and oxygen atoms in total. The first-order valence-electron chi connectivity index (χ1n) is 33.7. The number of aryl methyl sites for hydroxylation is 1. The molecule has 570 valence electrons. The molecule has 13 atom stereocenters. The van der Waals surface area contributed by atoms with Gasteiger partial charge in [-0.15, -0.1) is 0 Å². The summed E-state index contributed by atoms with van der Waals surface area (Å²) >= 11 is 3.95. The number of carbonyl (C=O) groups is 9. The number of carboxylic acid groups (broad SMARTS) is 1. The zero-order chi connectivity index (χ0) is 76.5. The summed E-state index contributed by atoms with van der Waals surface area (Å²) < 4.78 is 36.9. The summed E-state index contributed by atoms with van der Waals surface area (Å²) in [6, 6.07) is 15.0. The number of ketones is 2. The van der Waals surface area contributed by atoms with Crippen molar-refractivity contribution >= 4 is 66.2 Å². The van der Waals surface area contributed by atoms with Gasteiger partial charge in [-0.2, -0.15) is 12.6 Å². The fraction of sp³-hybridized carbons (Fsp3) is 0.551. The van der Waals surface area contributed by atoms with Gasteiger partial charge >= 0.3 is 11.7 Å². The highest BCUT2D eigenvalue weighted by Crippen LogP contribution is 2.26. The van der Waals surface area contributed by atoms with Crippen LogP contribution in [0.25, 0.3) is 11.1 Å². The number of hydrogen-bond donors (Lipinski definition) is 18. The van der Waals surface area contributed by atoms with Gasteiger partial charge in [0.1, 0.15) is 60.1 Å². The van der Waals surface area contributed by atoms with Crippen molar-refractivity contribution in [1.29, 1.82) is 0 Å². The molecular weight excluding hydrogens is 1380 g/mol. The van der Waals surface area contributed by atoms with E-state index in [2.05, 4.69) is 39.2 Å². The van der Waals surface area contributed by atoms with Crippen molar-refractivity contribution in [1.82, 2.24) is 35.7 Å². The Balaban J connectivity index is 1.41. The number of thiol groups is 1. The zero-order valence-electron chi connectivity index (χ0n) is 57.0. The van der Waals surface area contributed by atoms with Crippen molar-refractivity contribution < 1.29 is 113 Å². The molecule has 4 rings (SSSR count). The third-order valence-electron chi connectivity index (χ3n) is 17.4. The van der Waals surface area contributed by atoms with Gasteiger partial charge in [0, 0.05) is 93.0 Å². The van der Waals surface area contributed by atoms with Crippen LogP contribution < -0.4 is 43.6 Å². The molecule has 18 N–H and O–H groups in total. The first kappa shape index (κ1) is 87.1. The standard InChI is InChI=1S/C69H96F2N8O23S/c1-39-61(67(98)79(34-48(72)41-13-6-5-7-14-41)69(101)78(39)33-45-46(70)16-11-17-47(45)71)43-15-10-12-40(28-43)19-22-57(89)73-26-9-4-2-3-8-18-60(92)76-49(21-24-59(91)75-32-54(86)63(94)65(96)56(88)36-81)52(84)29-42(25-27-102-38-82)51(83)30-44(66(97)77-50(37-103)68(99)100)20-23-58(90)74-31-53(85)62(93)64(95)55(87)35-80/h5-7,10-17,28,38,42,44,48-50,53-56,62-65,80-81,85-88,93-96,103H,2-4,8-9,18-27,29-37,72H2,1H3,(H,73,89)(H,74,90)(H,75,91)(H,76,92)(H,77,97)(H,99,100)/t42-,44-,48+,49+,50+,53-,54-,55+,56+,62+,63+,64+,65+/m0/s1. The molecule has 0 aliphatic carbocycles. The number of aliphatic hydroxyl groups is 10. The van der Waals surface area contributed by atoms with E-state index >= 15 is 8.78 Å². The van der Waals surface area contributed by atoms with Gasteiger partial charge in [0.25, 0.3) is 12.0 Å². The van der Waals surface area contributed by atoms with Crippen LogP contribution in [0.2, 0.25) is 0 Å². The van der Waals surface area contributed by atoms with E-state index in [4.69, 9.17) is 20.7 Å². The van der Waals surface area contributed by atoms with Crippen LogP contribution in [0.5, 0.6) is 0 Å². The topological polar surface area (TPSA) is 516 Å². The van der Waals surface area contributed by atoms with Crippen LogP contribution >= 0.6 is 12.6 Å². The summed E-state index contributed by atoms with van der Waals surface area (Å²) in [4.78, 5) is 146. The fourth-order valence-corrected chi connectivity index (χ4v) is 11.3. The number of aromatic nitrogens is 2. The minimum absolute atomic E-state index is 0.0451. The van der Waals surface area contributed by atoms with Crippen LogP contribution in [0.4, 0.5) is 8.78 Å². The van der Waals surface area contributed by atoms with Gasteiger partial charge in [-0.25, -0.2) is 18.4 Å². The van der Waals surface area contributed by atoms with E-state index in [1.165, 1.54) is 13.0 Å². The molecule has 0 saturated heterocycles. The summed E-state index contributed by atoms with van der Waals surface area (Å²) in [5.74, 6) is -12.0. The number of aliphatic hydroxyl groups excluding tert-OH is 10. The lowest BCUT2D eigenvalue weighted by Crippen LogP contribution is -2.49. The van der Waals surface area contributed by atoms with Crippen molar-refractivity contribution in [3.8, 4) is 11.1 Å². The molecule has 1 aromatic heterocycles. The highest BCUT2D eigenvalue weighted by molar-refractivity contribution is 7.80. The number of benzene rings is 3. The van der Waals surface area contributed by atoms with Gasteiger partial charge in [0.05, 0.1) is 56.7 Å². The maximum absolute atomic E-state index is 15.0. The van der Waals surface area contributed by atoms with Crippen molar-refractivity contribution in [2.75, 3.05) is 45.2 Å². The van der Waals surface area contributed by atoms with Crippen LogP contribution in [0, 0.1) is 30.4 Å². The predicted octanol–water partition coefficient (Wildman–Crippen LogP) is -2.24. The molecule has 1 heterocycles. The van der Waals surface area contributed by atoms with Gasteiger partial charge in [0.2, 0.25) is 29.5 Å². The van der Waals surface area contributed by atoms with E-state index in [0.29, 0.717) is 48.9 Å². The number of carboxylic acids is 1. The van der Waals surface area contributed by atoms with E-state index in [0.717, 1.165) is 21.3 Å². The van der Waals surface area contributed by atoms with Crippen LogP contribution in [-0.4, -0.2) is 225 Å². The predicted molar refractivity (Wildman–Crippen MR) is 368 cm³/mol. The summed E-state index contributed by atoms with van der Waals surface area (Å²) in [5.41, 5.74) is 6.55. The molecule has 0 fully saturated rings. The smallest absolute Gasteiger partial charge is 0.331 e. The number of nitrogens with one attached hydrogen (secondary N) is 5. The second-order valence-corrected chi connectivity index (χ2v) is 25.4. The number of rotatable bonds is 50. The van der Waals surface area contributed by atoms with Crippen molar-refractivity contribution in [3.63, 3.8) is 0 Å². The lowest BCUT2D eigenvalue weighted by atomic mass is 9.85. The molecule has 0 unspecified atom stereocenters. The van der Waals surface area contributed by atoms with Gasteiger partial charge in [-0.3, -0.25) is 52.3 Å². The molecule has 0 aliphatic rings. The average molecular weight is 1480 g/mol. The average Bonchev–Trinajstić information content (AvgIpc) is 0.761. The van der Waals surface area contributed by atoms with E-state index < -0.39 is 227 Å². The van der Waals surface area contributed by atoms with E-state index in [-0.39, 0.29) is 67.8 Å². The number of Topliss-reactive ketones (excluding diaryl/α,β-unsaturated/α-hetero) is 2. The van der Waals surface area contributed by atoms with Gasteiger partial charge in [-0.05, 0) is 74.3 Å². The Bertz CT molecular complexity index is 3530. The quantitative estimate of drug-likeness (QED) is 0.0126. The number of aliphatic carboxylic acids is 1. The molecule has 0 aliphatic heterocycles. The first-order valence-corrected chi connectivity index (χ1v) is 34.3.